The monoisotopic (exact) mass is 458 g/mol. The first kappa shape index (κ1) is 19.4. The Morgan fingerprint density at radius 1 is 1.29 bits per heavy atom. The van der Waals surface area contributed by atoms with Crippen molar-refractivity contribution in [1.29, 1.82) is 0 Å². The van der Waals surface area contributed by atoms with Crippen LogP contribution in [0.25, 0.3) is 0 Å². The molecule has 2 rings (SSSR count). The summed E-state index contributed by atoms with van der Waals surface area (Å²) in [5.74, 6) is 0.780. The summed E-state index contributed by atoms with van der Waals surface area (Å²) in [5, 5.41) is 4.32. The third-order valence-corrected chi connectivity index (χ3v) is 6.65. The first-order chi connectivity index (χ1) is 11.3. The van der Waals surface area contributed by atoms with Crippen molar-refractivity contribution in [3.05, 3.63) is 29.8 Å². The molecule has 0 heterocycles. The van der Waals surface area contributed by atoms with Gasteiger partial charge in [0.05, 0.1) is 21.0 Å². The van der Waals surface area contributed by atoms with Crippen LogP contribution < -0.4 is 10.2 Å². The van der Waals surface area contributed by atoms with E-state index >= 15 is 0 Å². The van der Waals surface area contributed by atoms with E-state index in [1.54, 1.807) is 0 Å². The molecule has 1 fully saturated rings. The van der Waals surface area contributed by atoms with E-state index in [0.717, 1.165) is 49.3 Å². The van der Waals surface area contributed by atoms with Gasteiger partial charge < -0.3 is 4.74 Å². The van der Waals surface area contributed by atoms with Gasteiger partial charge in [0.2, 0.25) is 5.91 Å². The summed E-state index contributed by atoms with van der Waals surface area (Å²) in [5.41, 5.74) is 4.08. The number of hydrogen-bond acceptors (Lipinski definition) is 3. The summed E-state index contributed by atoms with van der Waals surface area (Å²) in [6, 6.07) is 7.85. The Morgan fingerprint density at radius 2 is 1.92 bits per heavy atom. The van der Waals surface area contributed by atoms with Gasteiger partial charge in [-0.15, -0.1) is 0 Å². The zero-order valence-electron chi connectivity index (χ0n) is 14.4. The van der Waals surface area contributed by atoms with Gasteiger partial charge in [-0.1, -0.05) is 52.1 Å². The van der Waals surface area contributed by atoms with E-state index in [4.69, 9.17) is 4.74 Å². The van der Waals surface area contributed by atoms with Crippen molar-refractivity contribution < 1.29 is 9.53 Å². The van der Waals surface area contributed by atoms with Crippen LogP contribution in [0.15, 0.2) is 29.4 Å². The molecule has 1 aromatic rings. The number of nitrogens with one attached hydrogen (secondary N) is 1. The maximum atomic E-state index is 12.3. The molecule has 0 aromatic heterocycles. The molecule has 6 heteroatoms. The lowest BCUT2D eigenvalue weighted by molar-refractivity contribution is -0.125. The van der Waals surface area contributed by atoms with Gasteiger partial charge in [-0.3, -0.25) is 4.79 Å². The van der Waals surface area contributed by atoms with Crippen LogP contribution >= 0.6 is 31.9 Å². The van der Waals surface area contributed by atoms with Gasteiger partial charge >= 0.3 is 0 Å². The Hall–Kier alpha value is -0.880. The largest absolute Gasteiger partial charge is 0.494 e. The maximum Gasteiger partial charge on any atom is 0.248 e. The minimum absolute atomic E-state index is 0.0817. The third kappa shape index (κ3) is 4.39. The van der Waals surface area contributed by atoms with Gasteiger partial charge in [0.15, 0.2) is 0 Å². The van der Waals surface area contributed by atoms with Gasteiger partial charge in [0.1, 0.15) is 5.75 Å². The lowest BCUT2D eigenvalue weighted by Crippen LogP contribution is -2.30. The molecular weight excluding hydrogens is 436 g/mol. The summed E-state index contributed by atoms with van der Waals surface area (Å²) < 4.78 is 5.36. The number of alkyl halides is 2. The fourth-order valence-corrected chi connectivity index (χ4v) is 3.80. The molecule has 132 valence electrons. The fraction of sp³-hybridized carbons (Fsp3) is 0.556. The van der Waals surface area contributed by atoms with Crippen molar-refractivity contribution in [3.63, 3.8) is 0 Å². The number of hydrogen-bond donors (Lipinski definition) is 1. The highest BCUT2D eigenvalue weighted by Gasteiger charge is 2.66. The van der Waals surface area contributed by atoms with Crippen molar-refractivity contribution in [2.75, 3.05) is 6.61 Å². The van der Waals surface area contributed by atoms with Gasteiger partial charge in [-0.25, -0.2) is 5.43 Å². The second kappa shape index (κ2) is 8.00. The Balaban J connectivity index is 1.99. The van der Waals surface area contributed by atoms with E-state index in [0.29, 0.717) is 0 Å². The molecular formula is C18H24Br2N2O2. The van der Waals surface area contributed by atoms with Gasteiger partial charge in [-0.05, 0) is 56.0 Å². The molecule has 4 nitrogen and oxygen atoms in total. The molecule has 1 aliphatic rings. The summed E-state index contributed by atoms with van der Waals surface area (Å²) in [4.78, 5) is 12.3. The molecule has 0 radical (unpaired) electrons. The van der Waals surface area contributed by atoms with E-state index in [1.165, 1.54) is 0 Å². The minimum atomic E-state index is -0.466. The molecule has 0 aliphatic heterocycles. The average molecular weight is 460 g/mol. The van der Waals surface area contributed by atoms with Crippen LogP contribution in [-0.2, 0) is 4.79 Å². The number of unbranched alkanes of at least 4 members (excludes halogenated alkanes) is 1. The highest BCUT2D eigenvalue weighted by atomic mass is 79.9. The first-order valence-corrected chi connectivity index (χ1v) is 9.90. The molecule has 0 bridgehead atoms. The smallest absolute Gasteiger partial charge is 0.248 e. The molecule has 0 unspecified atom stereocenters. The van der Waals surface area contributed by atoms with Crippen molar-refractivity contribution in [1.82, 2.24) is 5.43 Å². The van der Waals surface area contributed by atoms with Crippen LogP contribution in [0.3, 0.4) is 0 Å². The standard InChI is InChI=1S/C18H24Br2N2O2/c1-4-6-11-24-14-9-7-13(8-10-14)15(5-2)21-22-16(23)17(3)12-18(17,19)20/h7-10H,4-6,11-12H2,1-3H3,(H,22,23)/b21-15-/t17-/m0/s1. The fourth-order valence-electron chi connectivity index (χ4n) is 2.31. The molecule has 1 aliphatic carbocycles. The van der Waals surface area contributed by atoms with Gasteiger partial charge in [-0.2, -0.15) is 5.10 Å². The predicted octanol–water partition coefficient (Wildman–Crippen LogP) is 4.99. The Bertz CT molecular complexity index is 614. The summed E-state index contributed by atoms with van der Waals surface area (Å²) in [6.07, 6.45) is 3.65. The first-order valence-electron chi connectivity index (χ1n) is 8.32. The summed E-state index contributed by atoms with van der Waals surface area (Å²) >= 11 is 7.01. The minimum Gasteiger partial charge on any atom is -0.494 e. The molecule has 24 heavy (non-hydrogen) atoms. The van der Waals surface area contributed by atoms with Crippen LogP contribution in [0.1, 0.15) is 52.0 Å². The number of carbonyl (C=O) groups excluding carboxylic acids is 1. The predicted molar refractivity (Wildman–Crippen MR) is 105 cm³/mol. The molecule has 0 spiro atoms. The van der Waals surface area contributed by atoms with E-state index in [-0.39, 0.29) is 9.14 Å². The Kier molecular flexibility index (Phi) is 6.48. The van der Waals surface area contributed by atoms with Crippen molar-refractivity contribution in [2.24, 2.45) is 10.5 Å². The molecule has 1 N–H and O–H groups in total. The second-order valence-corrected chi connectivity index (χ2v) is 10.1. The second-order valence-electron chi connectivity index (χ2n) is 6.29. The third-order valence-electron chi connectivity index (χ3n) is 4.34. The highest BCUT2D eigenvalue weighted by molar-refractivity contribution is 9.25. The van der Waals surface area contributed by atoms with Crippen LogP contribution in [-0.4, -0.2) is 21.5 Å². The van der Waals surface area contributed by atoms with E-state index < -0.39 is 5.41 Å². The number of nitrogens with zero attached hydrogens (tertiary/aromatic N) is 1. The van der Waals surface area contributed by atoms with Crippen LogP contribution in [0.4, 0.5) is 0 Å². The molecule has 0 saturated heterocycles. The average Bonchev–Trinajstić information content (AvgIpc) is 3.09. The number of halogens is 2. The lowest BCUT2D eigenvalue weighted by Gasteiger charge is -2.12. The number of carbonyl (C=O) groups is 1. The number of amides is 1. The SMILES string of the molecule is CCCCOc1ccc(/C(CC)=N\NC(=O)[C@]2(C)CC2(Br)Br)cc1. The molecule has 1 saturated carbocycles. The highest BCUT2D eigenvalue weighted by Crippen LogP contribution is 2.66. The number of rotatable bonds is 8. The van der Waals surface area contributed by atoms with Crippen LogP contribution in [0, 0.1) is 5.41 Å². The van der Waals surface area contributed by atoms with E-state index in [2.05, 4.69) is 49.3 Å². The van der Waals surface area contributed by atoms with Gasteiger partial charge in [0, 0.05) is 0 Å². The quantitative estimate of drug-likeness (QED) is 0.257. The van der Waals surface area contributed by atoms with Crippen LogP contribution in [0.5, 0.6) is 5.75 Å². The van der Waals surface area contributed by atoms with Crippen molar-refractivity contribution in [3.8, 4) is 5.75 Å². The molecule has 1 atom stereocenters. The zero-order chi connectivity index (χ0) is 17.8. The Labute approximate surface area is 160 Å². The van der Waals surface area contributed by atoms with Crippen LogP contribution in [0.2, 0.25) is 0 Å². The van der Waals surface area contributed by atoms with E-state index in [9.17, 15) is 4.79 Å². The van der Waals surface area contributed by atoms with Gasteiger partial charge in [0.25, 0.3) is 0 Å². The lowest BCUT2D eigenvalue weighted by atomic mass is 10.1. The summed E-state index contributed by atoms with van der Waals surface area (Å²) in [6.45, 7) is 6.81. The maximum absolute atomic E-state index is 12.3. The topological polar surface area (TPSA) is 50.7 Å². The van der Waals surface area contributed by atoms with Crippen molar-refractivity contribution in [2.45, 2.75) is 49.7 Å². The van der Waals surface area contributed by atoms with E-state index in [1.807, 2.05) is 38.1 Å². The zero-order valence-corrected chi connectivity index (χ0v) is 17.5. The Morgan fingerprint density at radius 3 is 2.42 bits per heavy atom. The molecule has 1 aromatic carbocycles. The number of ether oxygens (including phenoxy) is 1. The number of benzene rings is 1. The number of hydrazone groups is 1. The van der Waals surface area contributed by atoms with Crippen molar-refractivity contribution >= 4 is 43.5 Å². The summed E-state index contributed by atoms with van der Waals surface area (Å²) in [7, 11) is 0. The normalized spacial score (nSPS) is 22.1. The molecule has 1 amide bonds.